The third kappa shape index (κ3) is 4.50. The topological polar surface area (TPSA) is 63.9 Å². The van der Waals surface area contributed by atoms with Crippen molar-refractivity contribution in [2.45, 2.75) is 56.9 Å². The first-order valence-electron chi connectivity index (χ1n) is 12.8. The Bertz CT molecular complexity index is 900. The van der Waals surface area contributed by atoms with Crippen LogP contribution < -0.4 is 9.64 Å². The molecular weight excluding hydrogens is 416 g/mol. The summed E-state index contributed by atoms with van der Waals surface area (Å²) in [6.45, 7) is 7.13. The Hall–Kier alpha value is -2.12. The number of nitrogens with zero attached hydrogens (tertiary/aromatic N) is 4. The van der Waals surface area contributed by atoms with Crippen molar-refractivity contribution in [2.75, 3.05) is 50.9 Å². The van der Waals surface area contributed by atoms with Crippen molar-refractivity contribution in [1.82, 2.24) is 15.1 Å². The smallest absolute Gasteiger partial charge is 0.317 e. The Balaban J connectivity index is 1.01. The maximum atomic E-state index is 6.36. The summed E-state index contributed by atoms with van der Waals surface area (Å²) in [5, 5.41) is 7.89. The Labute approximate surface area is 196 Å². The number of para-hydroxylation sites is 1. The number of rotatable bonds is 6. The molecule has 1 aliphatic carbocycles. The maximum Gasteiger partial charge on any atom is 0.317 e. The van der Waals surface area contributed by atoms with Crippen LogP contribution in [0.4, 0.5) is 6.01 Å². The van der Waals surface area contributed by atoms with E-state index in [1.54, 1.807) is 0 Å². The van der Waals surface area contributed by atoms with E-state index in [0.717, 1.165) is 57.5 Å². The number of likely N-dealkylation sites (tertiary alicyclic amines) is 1. The summed E-state index contributed by atoms with van der Waals surface area (Å²) in [5.74, 6) is 2.35. The summed E-state index contributed by atoms with van der Waals surface area (Å²) in [6.07, 6.45) is 10.1. The number of benzene rings is 1. The molecule has 1 aromatic carbocycles. The van der Waals surface area contributed by atoms with Gasteiger partial charge in [-0.15, -0.1) is 5.10 Å². The van der Waals surface area contributed by atoms with Gasteiger partial charge in [-0.25, -0.2) is 0 Å². The minimum Gasteiger partial charge on any atom is -0.493 e. The second kappa shape index (κ2) is 9.26. The van der Waals surface area contributed by atoms with Gasteiger partial charge < -0.3 is 23.7 Å². The highest BCUT2D eigenvalue weighted by Gasteiger charge is 2.50. The van der Waals surface area contributed by atoms with Gasteiger partial charge in [-0.05, 0) is 81.5 Å². The standard InChI is InChI=1S/C26H36N4O3/c1-2-4-24(32-16-20-8-13-31-14-9-20)23(3-1)21-6-11-29(12-7-21)22-5-10-26(15-22)17-30(18-26)25-28-27-19-33-25/h1-4,19-22H,5-18H2. The molecule has 33 heavy (non-hydrogen) atoms. The monoisotopic (exact) mass is 452 g/mol. The lowest BCUT2D eigenvalue weighted by atomic mass is 9.78. The quantitative estimate of drug-likeness (QED) is 0.653. The molecule has 0 bridgehead atoms. The van der Waals surface area contributed by atoms with Crippen LogP contribution >= 0.6 is 0 Å². The van der Waals surface area contributed by atoms with E-state index in [-0.39, 0.29) is 0 Å². The van der Waals surface area contributed by atoms with E-state index in [2.05, 4.69) is 44.3 Å². The minimum atomic E-state index is 0.459. The normalized spacial score (nSPS) is 26.5. The zero-order valence-electron chi connectivity index (χ0n) is 19.5. The molecule has 1 aromatic heterocycles. The summed E-state index contributed by atoms with van der Waals surface area (Å²) in [6, 6.07) is 10.2. The fraction of sp³-hybridized carbons (Fsp3) is 0.692. The lowest BCUT2D eigenvalue weighted by Gasteiger charge is -2.48. The highest BCUT2D eigenvalue weighted by molar-refractivity contribution is 5.37. The van der Waals surface area contributed by atoms with E-state index in [1.807, 2.05) is 0 Å². The highest BCUT2D eigenvalue weighted by atomic mass is 16.5. The minimum absolute atomic E-state index is 0.459. The molecule has 6 rings (SSSR count). The molecule has 1 spiro atoms. The summed E-state index contributed by atoms with van der Waals surface area (Å²) in [4.78, 5) is 5.00. The van der Waals surface area contributed by atoms with E-state index in [1.165, 1.54) is 57.2 Å². The molecule has 3 saturated heterocycles. The van der Waals surface area contributed by atoms with Crippen molar-refractivity contribution < 1.29 is 13.9 Å². The average Bonchev–Trinajstić information content (AvgIpc) is 3.53. The fourth-order valence-electron chi connectivity index (χ4n) is 6.62. The summed E-state index contributed by atoms with van der Waals surface area (Å²) in [5.41, 5.74) is 1.88. The van der Waals surface area contributed by atoms with Gasteiger partial charge in [0.25, 0.3) is 0 Å². The van der Waals surface area contributed by atoms with Crippen molar-refractivity contribution >= 4 is 6.01 Å². The van der Waals surface area contributed by atoms with Gasteiger partial charge in [0.1, 0.15) is 5.75 Å². The Morgan fingerprint density at radius 2 is 1.85 bits per heavy atom. The summed E-state index contributed by atoms with van der Waals surface area (Å²) in [7, 11) is 0. The van der Waals surface area contributed by atoms with Crippen LogP contribution in [0.15, 0.2) is 35.1 Å². The van der Waals surface area contributed by atoms with Crippen LogP contribution in [0.3, 0.4) is 0 Å². The molecule has 0 N–H and O–H groups in total. The third-order valence-electron chi connectivity index (χ3n) is 8.57. The molecule has 178 valence electrons. The highest BCUT2D eigenvalue weighted by Crippen LogP contribution is 2.49. The molecule has 4 heterocycles. The van der Waals surface area contributed by atoms with Gasteiger partial charge in [0.2, 0.25) is 6.39 Å². The number of piperidine rings is 1. The second-order valence-electron chi connectivity index (χ2n) is 10.7. The predicted octanol–water partition coefficient (Wildman–Crippen LogP) is 4.11. The lowest BCUT2D eigenvalue weighted by Crippen LogP contribution is -2.56. The molecule has 4 aliphatic rings. The molecule has 7 heteroatoms. The van der Waals surface area contributed by atoms with Crippen LogP contribution in [0, 0.1) is 11.3 Å². The van der Waals surface area contributed by atoms with Crippen LogP contribution in [0.25, 0.3) is 0 Å². The van der Waals surface area contributed by atoms with Crippen LogP contribution in [0.2, 0.25) is 0 Å². The van der Waals surface area contributed by atoms with Gasteiger partial charge >= 0.3 is 6.01 Å². The van der Waals surface area contributed by atoms with E-state index in [0.29, 0.717) is 23.3 Å². The maximum absolute atomic E-state index is 6.36. The van der Waals surface area contributed by atoms with Crippen molar-refractivity contribution in [3.05, 3.63) is 36.2 Å². The van der Waals surface area contributed by atoms with Gasteiger partial charge in [-0.1, -0.05) is 23.3 Å². The van der Waals surface area contributed by atoms with Gasteiger partial charge in [0.05, 0.1) is 6.61 Å². The second-order valence-corrected chi connectivity index (χ2v) is 10.7. The van der Waals surface area contributed by atoms with Crippen LogP contribution in [-0.4, -0.2) is 67.1 Å². The average molecular weight is 453 g/mol. The largest absolute Gasteiger partial charge is 0.493 e. The first-order valence-corrected chi connectivity index (χ1v) is 12.8. The first-order chi connectivity index (χ1) is 16.3. The molecule has 0 radical (unpaired) electrons. The number of aromatic nitrogens is 2. The third-order valence-corrected chi connectivity index (χ3v) is 8.57. The number of hydrogen-bond acceptors (Lipinski definition) is 7. The number of hydrogen-bond donors (Lipinski definition) is 0. The van der Waals surface area contributed by atoms with Crippen LogP contribution in [0.1, 0.15) is 56.4 Å². The van der Waals surface area contributed by atoms with Crippen LogP contribution in [-0.2, 0) is 4.74 Å². The molecule has 1 atom stereocenters. The molecule has 1 saturated carbocycles. The van der Waals surface area contributed by atoms with Gasteiger partial charge in [-0.3, -0.25) is 0 Å². The molecule has 7 nitrogen and oxygen atoms in total. The van der Waals surface area contributed by atoms with E-state index >= 15 is 0 Å². The Kier molecular flexibility index (Phi) is 6.01. The molecular formula is C26H36N4O3. The molecule has 4 fully saturated rings. The molecule has 0 amide bonds. The van der Waals surface area contributed by atoms with E-state index < -0.39 is 0 Å². The van der Waals surface area contributed by atoms with Crippen molar-refractivity contribution in [3.63, 3.8) is 0 Å². The Morgan fingerprint density at radius 1 is 1.03 bits per heavy atom. The van der Waals surface area contributed by atoms with E-state index in [4.69, 9.17) is 13.9 Å². The Morgan fingerprint density at radius 3 is 2.64 bits per heavy atom. The van der Waals surface area contributed by atoms with Gasteiger partial charge in [0.15, 0.2) is 0 Å². The van der Waals surface area contributed by atoms with Crippen molar-refractivity contribution in [2.24, 2.45) is 11.3 Å². The number of anilines is 1. The first kappa shape index (κ1) is 21.4. The molecule has 2 aromatic rings. The lowest BCUT2D eigenvalue weighted by molar-refractivity contribution is 0.0494. The van der Waals surface area contributed by atoms with Gasteiger partial charge in [0, 0.05) is 37.8 Å². The van der Waals surface area contributed by atoms with Gasteiger partial charge in [-0.2, -0.15) is 0 Å². The summed E-state index contributed by atoms with van der Waals surface area (Å²) >= 11 is 0. The number of ether oxygens (including phenoxy) is 2. The van der Waals surface area contributed by atoms with Crippen LogP contribution in [0.5, 0.6) is 5.75 Å². The zero-order valence-corrected chi connectivity index (χ0v) is 19.5. The SMILES string of the molecule is c1ccc(C2CCN(C3CCC4(C3)CN(c3nnco3)C4)CC2)c(OCC2CCOCC2)c1. The molecule has 3 aliphatic heterocycles. The fourth-order valence-corrected chi connectivity index (χ4v) is 6.62. The molecule has 1 unspecified atom stereocenters. The zero-order chi connectivity index (χ0) is 22.1. The van der Waals surface area contributed by atoms with Crippen molar-refractivity contribution in [3.8, 4) is 5.75 Å². The summed E-state index contributed by atoms with van der Waals surface area (Å²) < 4.78 is 17.2. The van der Waals surface area contributed by atoms with Crippen molar-refractivity contribution in [1.29, 1.82) is 0 Å². The van der Waals surface area contributed by atoms with E-state index in [9.17, 15) is 0 Å². The predicted molar refractivity (Wildman–Crippen MR) is 126 cm³/mol.